The van der Waals surface area contributed by atoms with Crippen LogP contribution in [0.2, 0.25) is 0 Å². The summed E-state index contributed by atoms with van der Waals surface area (Å²) >= 11 is 0. The smallest absolute Gasteiger partial charge is 0.119 e. The Kier molecular flexibility index (Phi) is 4.37. The van der Waals surface area contributed by atoms with Crippen molar-refractivity contribution in [3.63, 3.8) is 0 Å². The minimum absolute atomic E-state index is 0.0558. The van der Waals surface area contributed by atoms with Crippen molar-refractivity contribution in [2.75, 3.05) is 7.11 Å². The van der Waals surface area contributed by atoms with Crippen LogP contribution in [0.25, 0.3) is 0 Å². The van der Waals surface area contributed by atoms with Crippen LogP contribution in [0.3, 0.4) is 0 Å². The molecule has 0 unspecified atom stereocenters. The molecule has 18 heavy (non-hydrogen) atoms. The van der Waals surface area contributed by atoms with E-state index in [4.69, 9.17) is 10.5 Å². The van der Waals surface area contributed by atoms with Gasteiger partial charge in [-0.15, -0.1) is 0 Å². The van der Waals surface area contributed by atoms with E-state index in [-0.39, 0.29) is 6.04 Å². The van der Waals surface area contributed by atoms with Gasteiger partial charge in [0.1, 0.15) is 5.75 Å². The van der Waals surface area contributed by atoms with Gasteiger partial charge in [-0.3, -0.25) is 0 Å². The van der Waals surface area contributed by atoms with Crippen molar-refractivity contribution >= 4 is 0 Å². The zero-order chi connectivity index (χ0) is 12.8. The number of nitrogens with two attached hydrogens (primary N) is 1. The zero-order valence-electron chi connectivity index (χ0n) is 10.7. The molecule has 0 aliphatic heterocycles. The monoisotopic (exact) mass is 241 g/mol. The predicted molar refractivity (Wildman–Crippen MR) is 74.7 cm³/mol. The Morgan fingerprint density at radius 3 is 2.56 bits per heavy atom. The molecule has 0 amide bonds. The Hall–Kier alpha value is -1.80. The lowest BCUT2D eigenvalue weighted by molar-refractivity contribution is 0.413. The van der Waals surface area contributed by atoms with Crippen molar-refractivity contribution in [1.29, 1.82) is 0 Å². The highest BCUT2D eigenvalue weighted by Gasteiger charge is 2.07. The van der Waals surface area contributed by atoms with E-state index in [2.05, 4.69) is 30.3 Å². The molecule has 2 aromatic rings. The highest BCUT2D eigenvalue weighted by molar-refractivity contribution is 5.30. The molecule has 0 fully saturated rings. The Labute approximate surface area is 108 Å². The van der Waals surface area contributed by atoms with Crippen molar-refractivity contribution in [3.8, 4) is 5.75 Å². The number of rotatable bonds is 5. The molecule has 0 bridgehead atoms. The second-order valence-corrected chi connectivity index (χ2v) is 4.41. The Bertz CT molecular complexity index is 481. The van der Waals surface area contributed by atoms with Crippen molar-refractivity contribution < 1.29 is 4.74 Å². The number of hydrogen-bond acceptors (Lipinski definition) is 2. The number of aryl methyl sites for hydroxylation is 1. The fraction of sp³-hybridized carbons (Fsp3) is 0.250. The van der Waals surface area contributed by atoms with Crippen LogP contribution in [0.5, 0.6) is 5.75 Å². The van der Waals surface area contributed by atoms with Crippen LogP contribution < -0.4 is 10.5 Å². The van der Waals surface area contributed by atoms with Crippen LogP contribution in [-0.2, 0) is 6.42 Å². The summed E-state index contributed by atoms with van der Waals surface area (Å²) in [6.07, 6.45) is 1.94. The molecular formula is C16H19NO. The Balaban J connectivity index is 1.97. The Morgan fingerprint density at radius 1 is 1.06 bits per heavy atom. The maximum Gasteiger partial charge on any atom is 0.119 e. The first-order valence-corrected chi connectivity index (χ1v) is 6.23. The molecule has 0 saturated heterocycles. The second-order valence-electron chi connectivity index (χ2n) is 4.41. The molecule has 0 aliphatic rings. The van der Waals surface area contributed by atoms with Crippen molar-refractivity contribution in [3.05, 3.63) is 65.7 Å². The van der Waals surface area contributed by atoms with Gasteiger partial charge in [0.15, 0.2) is 0 Å². The number of ether oxygens (including phenoxy) is 1. The molecule has 2 N–H and O–H groups in total. The van der Waals surface area contributed by atoms with Gasteiger partial charge in [0, 0.05) is 6.04 Å². The van der Waals surface area contributed by atoms with Crippen molar-refractivity contribution in [2.45, 2.75) is 18.9 Å². The molecule has 0 spiro atoms. The van der Waals surface area contributed by atoms with Crippen molar-refractivity contribution in [1.82, 2.24) is 0 Å². The topological polar surface area (TPSA) is 35.2 Å². The average molecular weight is 241 g/mol. The van der Waals surface area contributed by atoms with Crippen LogP contribution in [0, 0.1) is 0 Å². The molecule has 0 heterocycles. The quantitative estimate of drug-likeness (QED) is 0.871. The zero-order valence-corrected chi connectivity index (χ0v) is 10.7. The summed E-state index contributed by atoms with van der Waals surface area (Å²) in [4.78, 5) is 0. The fourth-order valence-electron chi connectivity index (χ4n) is 2.01. The highest BCUT2D eigenvalue weighted by atomic mass is 16.5. The van der Waals surface area contributed by atoms with Crippen LogP contribution in [0.1, 0.15) is 23.6 Å². The van der Waals surface area contributed by atoms with Gasteiger partial charge in [-0.05, 0) is 36.1 Å². The number of methoxy groups -OCH3 is 1. The van der Waals surface area contributed by atoms with Gasteiger partial charge in [0.25, 0.3) is 0 Å². The molecular weight excluding hydrogens is 222 g/mol. The molecule has 2 rings (SSSR count). The van der Waals surface area contributed by atoms with E-state index in [1.807, 2.05) is 24.3 Å². The summed E-state index contributed by atoms with van der Waals surface area (Å²) in [5.74, 6) is 0.864. The van der Waals surface area contributed by atoms with Gasteiger partial charge >= 0.3 is 0 Å². The first-order chi connectivity index (χ1) is 8.79. The van der Waals surface area contributed by atoms with Gasteiger partial charge in [0.05, 0.1) is 7.11 Å². The summed E-state index contributed by atoms with van der Waals surface area (Å²) in [6, 6.07) is 18.5. The van der Waals surface area contributed by atoms with E-state index in [0.29, 0.717) is 0 Å². The lowest BCUT2D eigenvalue weighted by Gasteiger charge is -2.13. The lowest BCUT2D eigenvalue weighted by Crippen LogP contribution is -2.11. The molecule has 0 aromatic heterocycles. The first kappa shape index (κ1) is 12.7. The van der Waals surface area contributed by atoms with E-state index in [1.54, 1.807) is 7.11 Å². The second kappa shape index (κ2) is 6.22. The van der Waals surface area contributed by atoms with Crippen LogP contribution >= 0.6 is 0 Å². The minimum atomic E-state index is 0.0558. The van der Waals surface area contributed by atoms with E-state index in [0.717, 1.165) is 24.2 Å². The molecule has 2 nitrogen and oxygen atoms in total. The fourth-order valence-corrected chi connectivity index (χ4v) is 2.01. The lowest BCUT2D eigenvalue weighted by atomic mass is 10.00. The summed E-state index contributed by atoms with van der Waals surface area (Å²) in [6.45, 7) is 0. The third kappa shape index (κ3) is 3.34. The number of benzene rings is 2. The van der Waals surface area contributed by atoms with E-state index in [1.165, 1.54) is 5.56 Å². The summed E-state index contributed by atoms with van der Waals surface area (Å²) in [5, 5.41) is 0. The molecule has 0 saturated carbocycles. The SMILES string of the molecule is COc1cccc([C@@H](N)CCc2ccccc2)c1. The van der Waals surface area contributed by atoms with E-state index in [9.17, 15) is 0 Å². The van der Waals surface area contributed by atoms with Gasteiger partial charge in [0.2, 0.25) is 0 Å². The summed E-state index contributed by atoms with van der Waals surface area (Å²) in [7, 11) is 1.68. The van der Waals surface area contributed by atoms with Gasteiger partial charge in [-0.2, -0.15) is 0 Å². The molecule has 0 aliphatic carbocycles. The molecule has 2 aromatic carbocycles. The normalized spacial score (nSPS) is 12.1. The molecule has 1 atom stereocenters. The summed E-state index contributed by atoms with van der Waals surface area (Å²) < 4.78 is 5.21. The largest absolute Gasteiger partial charge is 0.497 e. The number of hydrogen-bond donors (Lipinski definition) is 1. The van der Waals surface area contributed by atoms with Gasteiger partial charge < -0.3 is 10.5 Å². The average Bonchev–Trinajstić information content (AvgIpc) is 2.46. The maximum absolute atomic E-state index is 6.21. The molecule has 2 heteroatoms. The highest BCUT2D eigenvalue weighted by Crippen LogP contribution is 2.21. The third-order valence-electron chi connectivity index (χ3n) is 3.11. The van der Waals surface area contributed by atoms with Crippen molar-refractivity contribution in [2.24, 2.45) is 5.73 Å². The predicted octanol–water partition coefficient (Wildman–Crippen LogP) is 3.33. The Morgan fingerprint density at radius 2 is 1.83 bits per heavy atom. The van der Waals surface area contributed by atoms with Crippen LogP contribution in [-0.4, -0.2) is 7.11 Å². The molecule has 94 valence electrons. The van der Waals surface area contributed by atoms with Gasteiger partial charge in [-0.25, -0.2) is 0 Å². The maximum atomic E-state index is 6.21. The van der Waals surface area contributed by atoms with Crippen LogP contribution in [0.15, 0.2) is 54.6 Å². The van der Waals surface area contributed by atoms with E-state index >= 15 is 0 Å². The van der Waals surface area contributed by atoms with Crippen LogP contribution in [0.4, 0.5) is 0 Å². The standard InChI is InChI=1S/C16H19NO/c1-18-15-9-5-8-14(12-15)16(17)11-10-13-6-3-2-4-7-13/h2-9,12,16H,10-11,17H2,1H3/t16-/m0/s1. The van der Waals surface area contributed by atoms with E-state index < -0.39 is 0 Å². The third-order valence-corrected chi connectivity index (χ3v) is 3.11. The minimum Gasteiger partial charge on any atom is -0.497 e. The first-order valence-electron chi connectivity index (χ1n) is 6.23. The van der Waals surface area contributed by atoms with Gasteiger partial charge in [-0.1, -0.05) is 42.5 Å². The molecule has 0 radical (unpaired) electrons. The summed E-state index contributed by atoms with van der Waals surface area (Å²) in [5.41, 5.74) is 8.67.